The Morgan fingerprint density at radius 1 is 1.09 bits per heavy atom. The number of hydrogen-bond acceptors (Lipinski definition) is 4. The highest BCUT2D eigenvalue weighted by molar-refractivity contribution is 9.10. The van der Waals surface area contributed by atoms with Crippen molar-refractivity contribution < 1.29 is 9.59 Å². The molecule has 0 bridgehead atoms. The number of anilines is 2. The predicted molar refractivity (Wildman–Crippen MR) is 141 cm³/mol. The number of thioether (sulfide) groups is 1. The van der Waals surface area contributed by atoms with Crippen LogP contribution in [0.25, 0.3) is 0 Å². The molecule has 0 aromatic heterocycles. The lowest BCUT2D eigenvalue weighted by atomic mass is 10.1. The number of halogens is 3. The molecule has 3 aromatic rings. The van der Waals surface area contributed by atoms with E-state index in [0.29, 0.717) is 33.4 Å². The predicted octanol–water partition coefficient (Wildman–Crippen LogP) is 6.82. The SMILES string of the molecule is N#CC(C(=O)Nc1ccc(Br)cc1)=C1SC(Cc2cc(Cl)ccc2Cl)C(=O)N1c1ccccc1. The third-order valence-electron chi connectivity index (χ3n) is 5.04. The van der Waals surface area contributed by atoms with Gasteiger partial charge in [-0.15, -0.1) is 0 Å². The highest BCUT2D eigenvalue weighted by Crippen LogP contribution is 2.42. The van der Waals surface area contributed by atoms with Crippen LogP contribution in [0.3, 0.4) is 0 Å². The number of nitrogens with one attached hydrogen (secondary N) is 1. The summed E-state index contributed by atoms with van der Waals surface area (Å²) in [7, 11) is 0. The molecule has 3 aromatic carbocycles. The van der Waals surface area contributed by atoms with Gasteiger partial charge in [-0.05, 0) is 66.6 Å². The number of carbonyl (C=O) groups is 2. The van der Waals surface area contributed by atoms with Crippen molar-refractivity contribution in [2.75, 3.05) is 10.2 Å². The Hall–Kier alpha value is -2.76. The van der Waals surface area contributed by atoms with Crippen LogP contribution in [0.2, 0.25) is 10.0 Å². The fourth-order valence-corrected chi connectivity index (χ4v) is 5.37. The highest BCUT2D eigenvalue weighted by atomic mass is 79.9. The van der Waals surface area contributed by atoms with Crippen molar-refractivity contribution in [3.8, 4) is 6.07 Å². The lowest BCUT2D eigenvalue weighted by Gasteiger charge is -2.18. The van der Waals surface area contributed by atoms with Crippen LogP contribution >= 0.6 is 50.9 Å². The summed E-state index contributed by atoms with van der Waals surface area (Å²) in [5, 5.41) is 13.3. The fourth-order valence-electron chi connectivity index (χ4n) is 3.43. The first-order valence-electron chi connectivity index (χ1n) is 10.1. The second kappa shape index (κ2) is 10.7. The van der Waals surface area contributed by atoms with Gasteiger partial charge >= 0.3 is 0 Å². The molecule has 170 valence electrons. The number of nitriles is 1. The lowest BCUT2D eigenvalue weighted by Crippen LogP contribution is -2.30. The lowest BCUT2D eigenvalue weighted by molar-refractivity contribution is -0.117. The molecule has 1 heterocycles. The summed E-state index contributed by atoms with van der Waals surface area (Å²) in [4.78, 5) is 28.0. The summed E-state index contributed by atoms with van der Waals surface area (Å²) in [6.45, 7) is 0. The Bertz CT molecular complexity index is 1320. The van der Waals surface area contributed by atoms with Crippen molar-refractivity contribution in [3.05, 3.63) is 103 Å². The van der Waals surface area contributed by atoms with E-state index in [2.05, 4.69) is 21.2 Å². The minimum atomic E-state index is -0.595. The molecular formula is C25H16BrCl2N3O2S. The Morgan fingerprint density at radius 2 is 1.79 bits per heavy atom. The van der Waals surface area contributed by atoms with Crippen LogP contribution in [0.4, 0.5) is 11.4 Å². The Labute approximate surface area is 219 Å². The summed E-state index contributed by atoms with van der Waals surface area (Å²) in [5.74, 6) is -0.839. The number of benzene rings is 3. The van der Waals surface area contributed by atoms with E-state index < -0.39 is 11.2 Å². The monoisotopic (exact) mass is 571 g/mol. The average molecular weight is 573 g/mol. The Morgan fingerprint density at radius 3 is 2.47 bits per heavy atom. The molecule has 5 nitrogen and oxygen atoms in total. The molecule has 0 radical (unpaired) electrons. The van der Waals surface area contributed by atoms with Crippen LogP contribution in [0.1, 0.15) is 5.56 Å². The zero-order valence-corrected chi connectivity index (χ0v) is 21.4. The quantitative estimate of drug-likeness (QED) is 0.269. The molecule has 0 aliphatic carbocycles. The number of carbonyl (C=O) groups excluding carboxylic acids is 2. The minimum absolute atomic E-state index is 0.148. The van der Waals surface area contributed by atoms with Crippen LogP contribution in [-0.2, 0) is 16.0 Å². The van der Waals surface area contributed by atoms with Gasteiger partial charge in [-0.25, -0.2) is 0 Å². The van der Waals surface area contributed by atoms with E-state index in [-0.39, 0.29) is 16.5 Å². The first-order chi connectivity index (χ1) is 16.4. The minimum Gasteiger partial charge on any atom is -0.321 e. The molecule has 1 unspecified atom stereocenters. The molecule has 2 amide bonds. The van der Waals surface area contributed by atoms with Gasteiger partial charge in [0.1, 0.15) is 16.7 Å². The van der Waals surface area contributed by atoms with E-state index in [1.165, 1.54) is 16.7 Å². The molecule has 4 rings (SSSR count). The van der Waals surface area contributed by atoms with Crippen LogP contribution in [0.5, 0.6) is 0 Å². The van der Waals surface area contributed by atoms with Crippen molar-refractivity contribution in [2.24, 2.45) is 0 Å². The molecule has 1 aliphatic rings. The Kier molecular flexibility index (Phi) is 7.64. The molecule has 9 heteroatoms. The van der Waals surface area contributed by atoms with E-state index in [1.807, 2.05) is 12.1 Å². The molecule has 0 saturated carbocycles. The van der Waals surface area contributed by atoms with E-state index in [4.69, 9.17) is 23.2 Å². The van der Waals surface area contributed by atoms with Gasteiger partial charge in [0.25, 0.3) is 5.91 Å². The maximum absolute atomic E-state index is 13.5. The maximum atomic E-state index is 13.5. The molecule has 1 saturated heterocycles. The van der Waals surface area contributed by atoms with Crippen LogP contribution in [-0.4, -0.2) is 17.1 Å². The highest BCUT2D eigenvalue weighted by Gasteiger charge is 2.41. The topological polar surface area (TPSA) is 73.2 Å². The summed E-state index contributed by atoms with van der Waals surface area (Å²) in [6.07, 6.45) is 0.294. The summed E-state index contributed by atoms with van der Waals surface area (Å²) in [5.41, 5.74) is 1.67. The van der Waals surface area contributed by atoms with Gasteiger partial charge in [-0.2, -0.15) is 5.26 Å². The van der Waals surface area contributed by atoms with E-state index in [9.17, 15) is 14.9 Å². The normalized spacial score (nSPS) is 16.8. The zero-order chi connectivity index (χ0) is 24.2. The summed E-state index contributed by atoms with van der Waals surface area (Å²) >= 11 is 17.0. The second-order valence-corrected chi connectivity index (χ2v) is 10.3. The number of nitrogens with zero attached hydrogens (tertiary/aromatic N) is 2. The van der Waals surface area contributed by atoms with Gasteiger partial charge < -0.3 is 5.32 Å². The molecule has 1 atom stereocenters. The van der Waals surface area contributed by atoms with Gasteiger partial charge in [-0.1, -0.05) is 69.1 Å². The zero-order valence-electron chi connectivity index (χ0n) is 17.5. The first-order valence-corrected chi connectivity index (χ1v) is 12.5. The molecule has 1 N–H and O–H groups in total. The van der Waals surface area contributed by atoms with Crippen molar-refractivity contribution in [1.29, 1.82) is 5.26 Å². The van der Waals surface area contributed by atoms with Crippen molar-refractivity contribution in [1.82, 2.24) is 0 Å². The first kappa shape index (κ1) is 24.4. The largest absolute Gasteiger partial charge is 0.321 e. The molecule has 0 spiro atoms. The van der Waals surface area contributed by atoms with Crippen molar-refractivity contribution >= 4 is 74.1 Å². The third-order valence-corrected chi connectivity index (χ3v) is 7.43. The van der Waals surface area contributed by atoms with Crippen molar-refractivity contribution in [2.45, 2.75) is 11.7 Å². The van der Waals surface area contributed by atoms with Crippen molar-refractivity contribution in [3.63, 3.8) is 0 Å². The molecule has 34 heavy (non-hydrogen) atoms. The van der Waals surface area contributed by atoms with Crippen LogP contribution in [0, 0.1) is 11.3 Å². The van der Waals surface area contributed by atoms with E-state index >= 15 is 0 Å². The maximum Gasteiger partial charge on any atom is 0.269 e. The van der Waals surface area contributed by atoms with Crippen LogP contribution < -0.4 is 10.2 Å². The van der Waals surface area contributed by atoms with Gasteiger partial charge in [0.2, 0.25) is 5.91 Å². The number of para-hydroxylation sites is 1. The third kappa shape index (κ3) is 5.31. The summed E-state index contributed by atoms with van der Waals surface area (Å²) in [6, 6.07) is 23.0. The summed E-state index contributed by atoms with van der Waals surface area (Å²) < 4.78 is 0.860. The Balaban J connectivity index is 1.72. The van der Waals surface area contributed by atoms with Gasteiger partial charge in [0.05, 0.1) is 5.25 Å². The number of hydrogen-bond donors (Lipinski definition) is 1. The number of amides is 2. The number of rotatable bonds is 5. The molecular weight excluding hydrogens is 557 g/mol. The fraction of sp³-hybridized carbons (Fsp3) is 0.0800. The van der Waals surface area contributed by atoms with Gasteiger partial charge in [0.15, 0.2) is 0 Å². The van der Waals surface area contributed by atoms with E-state index in [0.717, 1.165) is 4.47 Å². The molecule has 1 aliphatic heterocycles. The smallest absolute Gasteiger partial charge is 0.269 e. The van der Waals surface area contributed by atoms with Gasteiger partial charge in [-0.3, -0.25) is 14.5 Å². The van der Waals surface area contributed by atoms with Gasteiger partial charge in [0, 0.05) is 25.9 Å². The van der Waals surface area contributed by atoms with Crippen LogP contribution in [0.15, 0.2) is 87.9 Å². The standard InChI is InChI=1S/C25H16BrCl2N3O2S/c26-16-6-9-18(10-7-16)30-23(32)20(14-29)25-31(19-4-2-1-3-5-19)24(33)22(34-25)13-15-12-17(27)8-11-21(15)28/h1-12,22H,13H2,(H,30,32). The van der Waals surface area contributed by atoms with E-state index in [1.54, 1.807) is 66.7 Å². The second-order valence-electron chi connectivity index (χ2n) is 7.31. The molecule has 1 fully saturated rings. The average Bonchev–Trinajstić information content (AvgIpc) is 3.14.